The molecular weight excluding hydrogens is 208 g/mol. The van der Waals surface area contributed by atoms with Crippen LogP contribution < -0.4 is 0 Å². The van der Waals surface area contributed by atoms with E-state index in [2.05, 4.69) is 22.9 Å². The van der Waals surface area contributed by atoms with E-state index in [1.54, 1.807) is 0 Å². The van der Waals surface area contributed by atoms with Gasteiger partial charge in [0.25, 0.3) is 0 Å². The zero-order valence-corrected chi connectivity index (χ0v) is 8.06. The molecule has 0 aromatic carbocycles. The van der Waals surface area contributed by atoms with Gasteiger partial charge in [-0.2, -0.15) is 0 Å². The van der Waals surface area contributed by atoms with Gasteiger partial charge in [-0.3, -0.25) is 4.79 Å². The maximum Gasteiger partial charge on any atom is 0.312 e. The predicted octanol–water partition coefficient (Wildman–Crippen LogP) is 1.87. The van der Waals surface area contributed by atoms with Crippen LogP contribution >= 0.6 is 15.9 Å². The second kappa shape index (κ2) is 2.22. The van der Waals surface area contributed by atoms with E-state index in [4.69, 9.17) is 4.74 Å². The van der Waals surface area contributed by atoms with Crippen LogP contribution in [0.25, 0.3) is 0 Å². The number of ether oxygens (including phenoxy) is 1. The molecule has 0 radical (unpaired) electrons. The van der Waals surface area contributed by atoms with E-state index in [9.17, 15) is 4.79 Å². The maximum absolute atomic E-state index is 11.3. The number of fused-ring (bicyclic) bond motifs is 2. The Bertz CT molecular complexity index is 200. The summed E-state index contributed by atoms with van der Waals surface area (Å²) in [5, 5.41) is 0. The summed E-state index contributed by atoms with van der Waals surface area (Å²) < 4.78 is 5.18. The summed E-state index contributed by atoms with van der Waals surface area (Å²) in [7, 11) is 0. The molecule has 1 aliphatic carbocycles. The van der Waals surface area contributed by atoms with Crippen LogP contribution in [0.3, 0.4) is 0 Å². The second-order valence-electron chi connectivity index (χ2n) is 3.50. The Hall–Kier alpha value is -0.0500. The van der Waals surface area contributed by atoms with E-state index in [1.807, 2.05) is 0 Å². The Kier molecular flexibility index (Phi) is 1.53. The fraction of sp³-hybridized carbons (Fsp3) is 0.875. The number of rotatable bonds is 1. The summed E-state index contributed by atoms with van der Waals surface area (Å²) in [5.41, 5.74) is -0.126. The molecular formula is C8H11BrO2. The Morgan fingerprint density at radius 1 is 1.73 bits per heavy atom. The normalized spacial score (nSPS) is 48.0. The van der Waals surface area contributed by atoms with Gasteiger partial charge in [-0.1, -0.05) is 22.9 Å². The molecule has 1 heterocycles. The van der Waals surface area contributed by atoms with Gasteiger partial charge in [0.1, 0.15) is 6.10 Å². The molecule has 0 amide bonds. The average Bonchev–Trinajstić information content (AvgIpc) is 2.43. The molecule has 2 bridgehead atoms. The minimum atomic E-state index is -0.126. The first-order valence-corrected chi connectivity index (χ1v) is 4.95. The third kappa shape index (κ3) is 0.866. The standard InChI is InChI=1S/C8H11BrO2/c1-2-8-3-5(9)6(4-8)11-7(8)10/h5-6H,2-4H2,1H3. The predicted molar refractivity (Wildman–Crippen MR) is 44.6 cm³/mol. The molecule has 2 rings (SSSR count). The first-order valence-electron chi connectivity index (χ1n) is 4.03. The van der Waals surface area contributed by atoms with Crippen LogP contribution in [0.4, 0.5) is 0 Å². The summed E-state index contributed by atoms with van der Waals surface area (Å²) in [5.74, 6) is 0.0284. The van der Waals surface area contributed by atoms with Crippen molar-refractivity contribution in [1.82, 2.24) is 0 Å². The zero-order valence-electron chi connectivity index (χ0n) is 6.47. The van der Waals surface area contributed by atoms with Gasteiger partial charge in [-0.05, 0) is 12.8 Å². The first-order chi connectivity index (χ1) is 5.18. The average molecular weight is 219 g/mol. The minimum Gasteiger partial charge on any atom is -0.461 e. The van der Waals surface area contributed by atoms with Crippen LogP contribution in [-0.2, 0) is 9.53 Å². The number of esters is 1. The van der Waals surface area contributed by atoms with Gasteiger partial charge in [-0.15, -0.1) is 0 Å². The van der Waals surface area contributed by atoms with Crippen molar-refractivity contribution in [3.63, 3.8) is 0 Å². The lowest BCUT2D eigenvalue weighted by atomic mass is 9.85. The molecule has 3 unspecified atom stereocenters. The van der Waals surface area contributed by atoms with Gasteiger partial charge >= 0.3 is 5.97 Å². The van der Waals surface area contributed by atoms with Crippen molar-refractivity contribution in [2.75, 3.05) is 0 Å². The topological polar surface area (TPSA) is 26.3 Å². The fourth-order valence-corrected chi connectivity index (χ4v) is 2.99. The van der Waals surface area contributed by atoms with E-state index in [1.165, 1.54) is 0 Å². The lowest BCUT2D eigenvalue weighted by molar-refractivity contribution is -0.152. The van der Waals surface area contributed by atoms with Crippen LogP contribution in [0.15, 0.2) is 0 Å². The summed E-state index contributed by atoms with van der Waals surface area (Å²) in [6.07, 6.45) is 2.97. The summed E-state index contributed by atoms with van der Waals surface area (Å²) >= 11 is 3.52. The molecule has 1 aliphatic heterocycles. The molecule has 1 saturated heterocycles. The molecule has 62 valence electrons. The smallest absolute Gasteiger partial charge is 0.312 e. The molecule has 11 heavy (non-hydrogen) atoms. The van der Waals surface area contributed by atoms with Gasteiger partial charge in [0.05, 0.1) is 10.2 Å². The zero-order chi connectivity index (χ0) is 8.06. The molecule has 0 aromatic rings. The van der Waals surface area contributed by atoms with E-state index >= 15 is 0 Å². The molecule has 0 N–H and O–H groups in total. The Balaban J connectivity index is 2.27. The largest absolute Gasteiger partial charge is 0.461 e. The summed E-state index contributed by atoms with van der Waals surface area (Å²) in [6, 6.07) is 0. The van der Waals surface area contributed by atoms with Crippen molar-refractivity contribution in [2.45, 2.75) is 37.1 Å². The number of carbonyl (C=O) groups excluding carboxylic acids is 1. The van der Waals surface area contributed by atoms with Gasteiger partial charge < -0.3 is 4.74 Å². The van der Waals surface area contributed by atoms with Crippen molar-refractivity contribution >= 4 is 21.9 Å². The second-order valence-corrected chi connectivity index (χ2v) is 4.68. The lowest BCUT2D eigenvalue weighted by Gasteiger charge is -2.23. The third-order valence-corrected chi connectivity index (χ3v) is 3.86. The maximum atomic E-state index is 11.3. The van der Waals surface area contributed by atoms with Gasteiger partial charge in [0.2, 0.25) is 0 Å². The van der Waals surface area contributed by atoms with Gasteiger partial charge in [-0.25, -0.2) is 0 Å². The number of hydrogen-bond donors (Lipinski definition) is 0. The highest BCUT2D eigenvalue weighted by atomic mass is 79.9. The quantitative estimate of drug-likeness (QED) is 0.497. The minimum absolute atomic E-state index is 0.0284. The van der Waals surface area contributed by atoms with Crippen LogP contribution in [0.1, 0.15) is 26.2 Å². The molecule has 3 heteroatoms. The molecule has 2 aliphatic rings. The Morgan fingerprint density at radius 2 is 2.45 bits per heavy atom. The number of halogens is 1. The molecule has 1 saturated carbocycles. The third-order valence-electron chi connectivity index (χ3n) is 2.95. The fourth-order valence-electron chi connectivity index (χ4n) is 2.08. The highest BCUT2D eigenvalue weighted by Crippen LogP contribution is 2.51. The van der Waals surface area contributed by atoms with E-state index in [-0.39, 0.29) is 17.5 Å². The molecule has 2 fully saturated rings. The highest BCUT2D eigenvalue weighted by Gasteiger charge is 2.57. The number of hydrogen-bond acceptors (Lipinski definition) is 2. The summed E-state index contributed by atoms with van der Waals surface area (Å²) in [6.45, 7) is 2.06. The molecule has 2 nitrogen and oxygen atoms in total. The van der Waals surface area contributed by atoms with Crippen LogP contribution in [0.5, 0.6) is 0 Å². The molecule has 0 spiro atoms. The Morgan fingerprint density at radius 3 is 2.82 bits per heavy atom. The van der Waals surface area contributed by atoms with Gasteiger partial charge in [0.15, 0.2) is 0 Å². The molecule has 3 atom stereocenters. The van der Waals surface area contributed by atoms with Crippen molar-refractivity contribution in [3.05, 3.63) is 0 Å². The monoisotopic (exact) mass is 218 g/mol. The van der Waals surface area contributed by atoms with E-state index in [0.717, 1.165) is 19.3 Å². The van der Waals surface area contributed by atoms with Crippen molar-refractivity contribution in [2.24, 2.45) is 5.41 Å². The number of carbonyl (C=O) groups is 1. The number of alkyl halides is 1. The van der Waals surface area contributed by atoms with Gasteiger partial charge in [0, 0.05) is 6.42 Å². The molecule has 0 aromatic heterocycles. The summed E-state index contributed by atoms with van der Waals surface area (Å²) in [4.78, 5) is 11.7. The SMILES string of the molecule is CCC12CC(Br)C(C1)OC2=O. The van der Waals surface area contributed by atoms with Crippen LogP contribution in [-0.4, -0.2) is 16.9 Å². The highest BCUT2D eigenvalue weighted by molar-refractivity contribution is 9.09. The first kappa shape index (κ1) is 7.59. The van der Waals surface area contributed by atoms with Crippen molar-refractivity contribution in [1.29, 1.82) is 0 Å². The van der Waals surface area contributed by atoms with E-state index in [0.29, 0.717) is 4.83 Å². The van der Waals surface area contributed by atoms with Crippen molar-refractivity contribution in [3.8, 4) is 0 Å². The Labute approximate surface area is 74.4 Å². The van der Waals surface area contributed by atoms with Crippen molar-refractivity contribution < 1.29 is 9.53 Å². The van der Waals surface area contributed by atoms with Crippen LogP contribution in [0, 0.1) is 5.41 Å². The van der Waals surface area contributed by atoms with Crippen LogP contribution in [0.2, 0.25) is 0 Å². The lowest BCUT2D eigenvalue weighted by Crippen LogP contribution is -2.30. The van der Waals surface area contributed by atoms with E-state index < -0.39 is 0 Å².